The largest absolute Gasteiger partial charge is 0.478 e. The molecule has 4 heteroatoms. The quantitative estimate of drug-likeness (QED) is 0.785. The molecule has 0 fully saturated rings. The van der Waals surface area contributed by atoms with Crippen molar-refractivity contribution in [2.24, 2.45) is 0 Å². The zero-order valence-corrected chi connectivity index (χ0v) is 11.8. The molecule has 1 N–H and O–H groups in total. The van der Waals surface area contributed by atoms with Gasteiger partial charge in [0.05, 0.1) is 24.9 Å². The number of hydrogen-bond acceptors (Lipinski definition) is 3. The summed E-state index contributed by atoms with van der Waals surface area (Å²) < 4.78 is 11.1. The van der Waals surface area contributed by atoms with Crippen LogP contribution in [0.3, 0.4) is 0 Å². The highest BCUT2D eigenvalue weighted by Crippen LogP contribution is 2.16. The van der Waals surface area contributed by atoms with Gasteiger partial charge in [0.25, 0.3) is 0 Å². The Bertz CT molecular complexity index is 415. The van der Waals surface area contributed by atoms with Crippen molar-refractivity contribution >= 4 is 5.97 Å². The molecule has 19 heavy (non-hydrogen) atoms. The number of carbonyl (C=O) groups is 1. The molecule has 0 spiro atoms. The summed E-state index contributed by atoms with van der Waals surface area (Å²) in [5, 5.41) is 9.15. The van der Waals surface area contributed by atoms with Crippen LogP contribution < -0.4 is 0 Å². The summed E-state index contributed by atoms with van der Waals surface area (Å²) in [6.45, 7) is 7.33. The number of benzene rings is 1. The number of aromatic carboxylic acids is 1. The lowest BCUT2D eigenvalue weighted by Gasteiger charge is -2.16. The molecule has 0 amide bonds. The van der Waals surface area contributed by atoms with Crippen LogP contribution in [-0.4, -0.2) is 30.4 Å². The van der Waals surface area contributed by atoms with Crippen molar-refractivity contribution in [1.82, 2.24) is 0 Å². The third kappa shape index (κ3) is 4.65. The minimum atomic E-state index is -0.917. The smallest absolute Gasteiger partial charge is 0.336 e. The predicted octanol–water partition coefficient (Wildman–Crippen LogP) is 3.02. The highest BCUT2D eigenvalue weighted by molar-refractivity contribution is 5.89. The molecular formula is C15H22O4. The van der Waals surface area contributed by atoms with Gasteiger partial charge in [-0.05, 0) is 37.5 Å². The summed E-state index contributed by atoms with van der Waals surface area (Å²) in [6.07, 6.45) is 0.954. The zero-order valence-electron chi connectivity index (χ0n) is 11.8. The molecule has 1 atom stereocenters. The fraction of sp³-hybridized carbons (Fsp3) is 0.533. The first-order valence-electron chi connectivity index (χ1n) is 6.61. The van der Waals surface area contributed by atoms with Crippen LogP contribution in [0.25, 0.3) is 0 Å². The summed E-state index contributed by atoms with van der Waals surface area (Å²) >= 11 is 0. The van der Waals surface area contributed by atoms with Crippen LogP contribution in [0.2, 0.25) is 0 Å². The van der Waals surface area contributed by atoms with Crippen molar-refractivity contribution < 1.29 is 19.4 Å². The molecule has 0 heterocycles. The number of rotatable bonds is 8. The first kappa shape index (κ1) is 15.7. The predicted molar refractivity (Wildman–Crippen MR) is 73.5 cm³/mol. The molecule has 0 aliphatic heterocycles. The van der Waals surface area contributed by atoms with E-state index < -0.39 is 5.97 Å². The Labute approximate surface area is 114 Å². The van der Waals surface area contributed by atoms with Crippen molar-refractivity contribution in [2.45, 2.75) is 39.9 Å². The number of carboxylic acids is 1. The molecule has 4 nitrogen and oxygen atoms in total. The second-order valence-corrected chi connectivity index (χ2v) is 4.41. The highest BCUT2D eigenvalue weighted by atomic mass is 16.5. The monoisotopic (exact) mass is 266 g/mol. The van der Waals surface area contributed by atoms with E-state index >= 15 is 0 Å². The van der Waals surface area contributed by atoms with Crippen LogP contribution in [0.1, 0.15) is 41.8 Å². The van der Waals surface area contributed by atoms with Gasteiger partial charge in [-0.25, -0.2) is 4.79 Å². The molecule has 0 bridgehead atoms. The normalized spacial score (nSPS) is 12.4. The van der Waals surface area contributed by atoms with Crippen molar-refractivity contribution in [3.05, 3.63) is 34.9 Å². The van der Waals surface area contributed by atoms with Gasteiger partial charge in [-0.1, -0.05) is 19.1 Å². The summed E-state index contributed by atoms with van der Waals surface area (Å²) in [7, 11) is 0. The Morgan fingerprint density at radius 3 is 2.68 bits per heavy atom. The first-order chi connectivity index (χ1) is 9.10. The third-order valence-corrected chi connectivity index (χ3v) is 3.05. The lowest BCUT2D eigenvalue weighted by atomic mass is 10.0. The molecule has 0 aliphatic carbocycles. The number of aryl methyl sites for hydroxylation is 1. The molecule has 1 rings (SSSR count). The van der Waals surface area contributed by atoms with E-state index in [1.54, 1.807) is 12.1 Å². The van der Waals surface area contributed by atoms with Gasteiger partial charge in [0.15, 0.2) is 0 Å². The van der Waals surface area contributed by atoms with E-state index in [4.69, 9.17) is 14.6 Å². The molecular weight excluding hydrogens is 244 g/mol. The average Bonchev–Trinajstić information content (AvgIpc) is 2.39. The molecule has 0 radical (unpaired) electrons. The topological polar surface area (TPSA) is 55.8 Å². The molecule has 0 saturated carbocycles. The summed E-state index contributed by atoms with van der Waals surface area (Å²) in [5.74, 6) is -0.917. The van der Waals surface area contributed by atoms with E-state index in [1.165, 1.54) is 0 Å². The zero-order chi connectivity index (χ0) is 14.3. The molecule has 106 valence electrons. The molecule has 1 unspecified atom stereocenters. The Hall–Kier alpha value is -1.39. The lowest BCUT2D eigenvalue weighted by molar-refractivity contribution is -0.0186. The molecule has 0 saturated heterocycles. The minimum Gasteiger partial charge on any atom is -0.478 e. The second-order valence-electron chi connectivity index (χ2n) is 4.41. The van der Waals surface area contributed by atoms with Gasteiger partial charge in [0.2, 0.25) is 0 Å². The Kier molecular flexibility index (Phi) is 6.53. The highest BCUT2D eigenvalue weighted by Gasteiger charge is 2.13. The van der Waals surface area contributed by atoms with Gasteiger partial charge < -0.3 is 14.6 Å². The van der Waals surface area contributed by atoms with Gasteiger partial charge in [0, 0.05) is 6.61 Å². The molecule has 0 aromatic heterocycles. The van der Waals surface area contributed by atoms with E-state index in [1.807, 2.05) is 26.8 Å². The third-order valence-electron chi connectivity index (χ3n) is 3.05. The van der Waals surface area contributed by atoms with E-state index in [0.717, 1.165) is 17.5 Å². The Morgan fingerprint density at radius 1 is 1.37 bits per heavy atom. The standard InChI is InChI=1S/C15H22O4/c1-4-12(19-5-2)9-18-10-14-11(3)7-6-8-13(14)15(16)17/h6-8,12H,4-5,9-10H2,1-3H3,(H,16,17). The molecule has 1 aromatic carbocycles. The van der Waals surface area contributed by atoms with Crippen LogP contribution >= 0.6 is 0 Å². The van der Waals surface area contributed by atoms with Gasteiger partial charge in [0.1, 0.15) is 0 Å². The van der Waals surface area contributed by atoms with Crippen LogP contribution in [0, 0.1) is 6.92 Å². The van der Waals surface area contributed by atoms with E-state index in [9.17, 15) is 4.79 Å². The minimum absolute atomic E-state index is 0.0716. The average molecular weight is 266 g/mol. The first-order valence-corrected chi connectivity index (χ1v) is 6.61. The lowest BCUT2D eigenvalue weighted by Crippen LogP contribution is -2.19. The fourth-order valence-electron chi connectivity index (χ4n) is 1.91. The maximum atomic E-state index is 11.1. The number of carboxylic acid groups (broad SMARTS) is 1. The van der Waals surface area contributed by atoms with Crippen LogP contribution in [0.5, 0.6) is 0 Å². The summed E-state index contributed by atoms with van der Waals surface area (Å²) in [6, 6.07) is 5.25. The molecule has 1 aromatic rings. The van der Waals surface area contributed by atoms with E-state index in [0.29, 0.717) is 25.4 Å². The summed E-state index contributed by atoms with van der Waals surface area (Å²) in [4.78, 5) is 11.1. The number of hydrogen-bond donors (Lipinski definition) is 1. The Balaban J connectivity index is 2.64. The van der Waals surface area contributed by atoms with Crippen molar-refractivity contribution in [1.29, 1.82) is 0 Å². The van der Waals surface area contributed by atoms with Crippen LogP contribution in [0.15, 0.2) is 18.2 Å². The van der Waals surface area contributed by atoms with Crippen LogP contribution in [-0.2, 0) is 16.1 Å². The van der Waals surface area contributed by atoms with Gasteiger partial charge in [-0.2, -0.15) is 0 Å². The SMILES string of the molecule is CCOC(CC)COCc1c(C)cccc1C(=O)O. The van der Waals surface area contributed by atoms with E-state index in [-0.39, 0.29) is 6.10 Å². The Morgan fingerprint density at radius 2 is 2.11 bits per heavy atom. The summed E-state index contributed by atoms with van der Waals surface area (Å²) in [5.41, 5.74) is 1.98. The van der Waals surface area contributed by atoms with Crippen molar-refractivity contribution in [3.8, 4) is 0 Å². The van der Waals surface area contributed by atoms with Gasteiger partial charge in [-0.3, -0.25) is 0 Å². The maximum Gasteiger partial charge on any atom is 0.336 e. The molecule has 0 aliphatic rings. The van der Waals surface area contributed by atoms with Gasteiger partial charge >= 0.3 is 5.97 Å². The van der Waals surface area contributed by atoms with Crippen molar-refractivity contribution in [2.75, 3.05) is 13.2 Å². The van der Waals surface area contributed by atoms with Crippen molar-refractivity contribution in [3.63, 3.8) is 0 Å². The van der Waals surface area contributed by atoms with E-state index in [2.05, 4.69) is 0 Å². The second kappa shape index (κ2) is 7.92. The maximum absolute atomic E-state index is 11.1. The van der Waals surface area contributed by atoms with Gasteiger partial charge in [-0.15, -0.1) is 0 Å². The van der Waals surface area contributed by atoms with Crippen LogP contribution in [0.4, 0.5) is 0 Å². The fourth-order valence-corrected chi connectivity index (χ4v) is 1.91. The number of ether oxygens (including phenoxy) is 2.